The average molecular weight is 260 g/mol. The lowest BCUT2D eigenvalue weighted by atomic mass is 10.1. The molecule has 1 N–H and O–H groups in total. The maximum absolute atomic E-state index is 9.01. The third-order valence-electron chi connectivity index (χ3n) is 2.55. The van der Waals surface area contributed by atoms with Crippen LogP contribution in [0, 0.1) is 0 Å². The van der Waals surface area contributed by atoms with Gasteiger partial charge >= 0.3 is 0 Å². The molecule has 0 unspecified atom stereocenters. The fraction of sp³-hybridized carbons (Fsp3) is 0.583. The molecule has 1 heterocycles. The second-order valence-electron chi connectivity index (χ2n) is 4.30. The highest BCUT2D eigenvalue weighted by molar-refractivity contribution is 6.31. The van der Waals surface area contributed by atoms with Gasteiger partial charge in [-0.25, -0.2) is 4.98 Å². The topological polar surface area (TPSA) is 51.6 Å². The first-order valence-corrected chi connectivity index (χ1v) is 5.80. The number of hydrogen-bond donors (Lipinski definition) is 1. The third kappa shape index (κ3) is 4.50. The van der Waals surface area contributed by atoms with Crippen LogP contribution in [0.15, 0.2) is 12.1 Å². The molecule has 0 aliphatic carbocycles. The van der Waals surface area contributed by atoms with Gasteiger partial charge in [-0.2, -0.15) is 0 Å². The Morgan fingerprint density at radius 3 is 2.71 bits per heavy atom. The predicted molar refractivity (Wildman–Crippen MR) is 66.4 cm³/mol. The molecule has 17 heavy (non-hydrogen) atoms. The molecule has 0 aliphatic rings. The number of halogens is 1. The predicted octanol–water partition coefficient (Wildman–Crippen LogP) is 2.42. The second kappa shape index (κ2) is 6.19. The Hall–Kier alpha value is -0.840. The Morgan fingerprint density at radius 2 is 2.12 bits per heavy atom. The number of aromatic nitrogens is 1. The van der Waals surface area contributed by atoms with Crippen molar-refractivity contribution in [3.8, 4) is 5.88 Å². The molecule has 96 valence electrons. The van der Waals surface area contributed by atoms with Gasteiger partial charge in [-0.1, -0.05) is 11.6 Å². The highest BCUT2D eigenvalue weighted by Gasteiger charge is 2.16. The number of aliphatic hydroxyl groups is 1. The lowest BCUT2D eigenvalue weighted by molar-refractivity contribution is 0.00505. The van der Waals surface area contributed by atoms with Crippen molar-refractivity contribution in [2.24, 2.45) is 0 Å². The fourth-order valence-corrected chi connectivity index (χ4v) is 1.32. The molecule has 0 bridgehead atoms. The number of rotatable bonds is 6. The number of pyridine rings is 1. The Morgan fingerprint density at radius 1 is 1.41 bits per heavy atom. The number of hydrogen-bond acceptors (Lipinski definition) is 4. The van der Waals surface area contributed by atoms with E-state index in [1.54, 1.807) is 19.2 Å². The fourth-order valence-electron chi connectivity index (χ4n) is 1.16. The summed E-state index contributed by atoms with van der Waals surface area (Å²) in [6.07, 6.45) is 0.752. The summed E-state index contributed by atoms with van der Waals surface area (Å²) < 4.78 is 10.8. The maximum Gasteiger partial charge on any atom is 0.213 e. The van der Waals surface area contributed by atoms with Crippen LogP contribution in [0.25, 0.3) is 0 Å². The van der Waals surface area contributed by atoms with Crippen LogP contribution >= 0.6 is 11.6 Å². The smallest absolute Gasteiger partial charge is 0.213 e. The average Bonchev–Trinajstić information content (AvgIpc) is 2.31. The molecule has 0 saturated carbocycles. The van der Waals surface area contributed by atoms with Crippen molar-refractivity contribution < 1.29 is 14.6 Å². The van der Waals surface area contributed by atoms with E-state index in [0.29, 0.717) is 23.2 Å². The first-order chi connectivity index (χ1) is 7.98. The van der Waals surface area contributed by atoms with Crippen LogP contribution < -0.4 is 4.74 Å². The molecule has 0 aromatic carbocycles. The van der Waals surface area contributed by atoms with Gasteiger partial charge in [0.05, 0.1) is 29.5 Å². The zero-order valence-electron chi connectivity index (χ0n) is 10.4. The van der Waals surface area contributed by atoms with E-state index >= 15 is 0 Å². The van der Waals surface area contributed by atoms with Crippen LogP contribution in [-0.4, -0.2) is 29.4 Å². The highest BCUT2D eigenvalue weighted by atomic mass is 35.5. The molecule has 0 amide bonds. The number of nitrogens with zero attached hydrogens (tertiary/aromatic N) is 1. The summed E-state index contributed by atoms with van der Waals surface area (Å²) in [5.74, 6) is 0.463. The quantitative estimate of drug-likeness (QED) is 0.853. The largest absolute Gasteiger partial charge is 0.478 e. The lowest BCUT2D eigenvalue weighted by Crippen LogP contribution is -2.25. The zero-order chi connectivity index (χ0) is 12.9. The molecule has 0 radical (unpaired) electrons. The summed E-state index contributed by atoms with van der Waals surface area (Å²) in [7, 11) is 1.67. The van der Waals surface area contributed by atoms with Crippen LogP contribution in [0.4, 0.5) is 0 Å². The third-order valence-corrected chi connectivity index (χ3v) is 2.89. The number of ether oxygens (including phenoxy) is 2. The summed E-state index contributed by atoms with van der Waals surface area (Å²) in [5.41, 5.74) is 0.210. The van der Waals surface area contributed by atoms with E-state index in [0.717, 1.165) is 6.42 Å². The summed E-state index contributed by atoms with van der Waals surface area (Å²) in [6, 6.07) is 3.35. The Balaban J connectivity index is 2.53. The summed E-state index contributed by atoms with van der Waals surface area (Å²) in [4.78, 5) is 4.09. The first kappa shape index (κ1) is 14.2. The van der Waals surface area contributed by atoms with Crippen molar-refractivity contribution >= 4 is 11.6 Å². The second-order valence-corrected chi connectivity index (χ2v) is 4.71. The molecule has 1 rings (SSSR count). The first-order valence-electron chi connectivity index (χ1n) is 5.43. The van der Waals surface area contributed by atoms with E-state index in [9.17, 15) is 0 Å². The maximum atomic E-state index is 9.01. The van der Waals surface area contributed by atoms with E-state index < -0.39 is 0 Å². The van der Waals surface area contributed by atoms with Crippen molar-refractivity contribution in [2.75, 3.05) is 13.7 Å². The molecule has 5 heteroatoms. The summed E-state index contributed by atoms with van der Waals surface area (Å²) >= 11 is 5.83. The molecule has 0 saturated heterocycles. The Bertz CT molecular complexity index is 369. The molecule has 1 aromatic rings. The molecular formula is C12H18ClNO3. The minimum atomic E-state index is -0.216. The number of aliphatic hydroxyl groups excluding tert-OH is 1. The van der Waals surface area contributed by atoms with Crippen LogP contribution in [-0.2, 0) is 11.3 Å². The summed E-state index contributed by atoms with van der Waals surface area (Å²) in [6.45, 7) is 4.29. The minimum absolute atomic E-state index is 0.195. The van der Waals surface area contributed by atoms with Gasteiger partial charge in [0.25, 0.3) is 0 Å². The molecule has 1 aromatic heterocycles. The zero-order valence-corrected chi connectivity index (χ0v) is 11.1. The van der Waals surface area contributed by atoms with Crippen molar-refractivity contribution in [2.45, 2.75) is 32.5 Å². The van der Waals surface area contributed by atoms with Crippen molar-refractivity contribution in [1.82, 2.24) is 4.98 Å². The molecule has 4 nitrogen and oxygen atoms in total. The van der Waals surface area contributed by atoms with Crippen molar-refractivity contribution in [3.63, 3.8) is 0 Å². The Kier molecular flexibility index (Phi) is 5.18. The Labute approximate surface area is 107 Å². The van der Waals surface area contributed by atoms with Gasteiger partial charge in [-0.3, -0.25) is 0 Å². The van der Waals surface area contributed by atoms with E-state index in [1.807, 2.05) is 13.8 Å². The van der Waals surface area contributed by atoms with Gasteiger partial charge in [-0.15, -0.1) is 0 Å². The van der Waals surface area contributed by atoms with Crippen LogP contribution in [0.5, 0.6) is 5.88 Å². The normalized spacial score (nSPS) is 11.6. The molecule has 0 spiro atoms. The van der Waals surface area contributed by atoms with Crippen molar-refractivity contribution in [1.29, 1.82) is 0 Å². The van der Waals surface area contributed by atoms with E-state index in [2.05, 4.69) is 4.98 Å². The highest BCUT2D eigenvalue weighted by Crippen LogP contribution is 2.19. The SMILES string of the molecule is COC(C)(C)CCOc1ccc(Cl)c(CO)n1. The van der Waals surface area contributed by atoms with Gasteiger partial charge in [0.1, 0.15) is 0 Å². The molecule has 0 aliphatic heterocycles. The van der Waals surface area contributed by atoms with Crippen molar-refractivity contribution in [3.05, 3.63) is 22.8 Å². The van der Waals surface area contributed by atoms with Crippen LogP contribution in [0.1, 0.15) is 26.0 Å². The van der Waals surface area contributed by atoms with Gasteiger partial charge in [0, 0.05) is 19.6 Å². The molecular weight excluding hydrogens is 242 g/mol. The number of methoxy groups -OCH3 is 1. The van der Waals surface area contributed by atoms with Gasteiger partial charge in [0.15, 0.2) is 0 Å². The van der Waals surface area contributed by atoms with E-state index in [-0.39, 0.29) is 12.2 Å². The van der Waals surface area contributed by atoms with Gasteiger partial charge in [-0.05, 0) is 19.9 Å². The minimum Gasteiger partial charge on any atom is -0.478 e. The lowest BCUT2D eigenvalue weighted by Gasteiger charge is -2.22. The molecule has 0 fully saturated rings. The van der Waals surface area contributed by atoms with E-state index in [1.165, 1.54) is 0 Å². The van der Waals surface area contributed by atoms with Gasteiger partial charge < -0.3 is 14.6 Å². The molecule has 0 atom stereocenters. The monoisotopic (exact) mass is 259 g/mol. The van der Waals surface area contributed by atoms with Crippen LogP contribution in [0.2, 0.25) is 5.02 Å². The van der Waals surface area contributed by atoms with Crippen LogP contribution in [0.3, 0.4) is 0 Å². The standard InChI is InChI=1S/C12H18ClNO3/c1-12(2,16-3)6-7-17-11-5-4-9(13)10(8-15)14-11/h4-5,15H,6-8H2,1-3H3. The van der Waals surface area contributed by atoms with Gasteiger partial charge in [0.2, 0.25) is 5.88 Å². The summed E-state index contributed by atoms with van der Waals surface area (Å²) in [5, 5.41) is 9.45. The van der Waals surface area contributed by atoms with E-state index in [4.69, 9.17) is 26.2 Å².